The van der Waals surface area contributed by atoms with Crippen LogP contribution >= 0.6 is 7.82 Å². The fraction of sp³-hybridized carbons (Fsp3) is 0.541. The van der Waals surface area contributed by atoms with E-state index >= 15 is 4.57 Å². The molecule has 1 fully saturated rings. The van der Waals surface area contributed by atoms with Crippen LogP contribution in [0.15, 0.2) is 147 Å². The summed E-state index contributed by atoms with van der Waals surface area (Å²) in [6.07, 6.45) is 12.6. The molecule has 0 heterocycles. The lowest BCUT2D eigenvalue weighted by atomic mass is 9.84. The summed E-state index contributed by atoms with van der Waals surface area (Å²) in [7, 11) is -4.68. The van der Waals surface area contributed by atoms with Crippen LogP contribution in [0.25, 0.3) is 0 Å². The molecule has 414 valence electrons. The van der Waals surface area contributed by atoms with E-state index in [-0.39, 0.29) is 53.2 Å². The maximum atomic E-state index is 15.5. The Morgan fingerprint density at radius 3 is 1.35 bits per heavy atom. The highest BCUT2D eigenvalue weighted by Crippen LogP contribution is 2.54. The molecule has 1 aliphatic rings. The van der Waals surface area contributed by atoms with Crippen LogP contribution in [-0.2, 0) is 77.7 Å². The Morgan fingerprint density at radius 1 is 0.440 bits per heavy atom. The van der Waals surface area contributed by atoms with Crippen LogP contribution in [-0.4, -0.2) is 93.0 Å². The number of aliphatic hydroxyl groups excluding tert-OH is 2. The zero-order valence-electron chi connectivity index (χ0n) is 44.4. The Morgan fingerprint density at radius 2 is 0.853 bits per heavy atom. The Balaban J connectivity index is 1.37. The van der Waals surface area contributed by atoms with Gasteiger partial charge in [0.2, 0.25) is 0 Å². The van der Waals surface area contributed by atoms with Crippen molar-refractivity contribution in [3.63, 3.8) is 0 Å². The molecule has 14 heteroatoms. The Kier molecular flexibility index (Phi) is 31.9. The Bertz CT molecular complexity index is 2070. The fourth-order valence-corrected chi connectivity index (χ4v) is 10.1. The first-order chi connectivity index (χ1) is 36.9. The van der Waals surface area contributed by atoms with Gasteiger partial charge in [0, 0.05) is 13.2 Å². The van der Waals surface area contributed by atoms with Crippen molar-refractivity contribution in [1.82, 2.24) is 0 Å². The minimum Gasteiger partial charge on any atom is -0.387 e. The maximum Gasteiger partial charge on any atom is 0.475 e. The smallest absolute Gasteiger partial charge is 0.387 e. The molecule has 0 radical (unpaired) electrons. The van der Waals surface area contributed by atoms with Crippen LogP contribution < -0.4 is 0 Å². The van der Waals surface area contributed by atoms with Gasteiger partial charge in [0.25, 0.3) is 0 Å². The first-order valence-electron chi connectivity index (χ1n) is 27.4. The number of unbranched alkanes of at least 4 members (excludes halogenated alkanes) is 14. The summed E-state index contributed by atoms with van der Waals surface area (Å²) >= 11 is 0. The van der Waals surface area contributed by atoms with Gasteiger partial charge in [0.15, 0.2) is 0 Å². The van der Waals surface area contributed by atoms with E-state index in [1.165, 1.54) is 51.4 Å². The molecule has 4 aromatic rings. The highest BCUT2D eigenvalue weighted by Gasteiger charge is 2.55. The van der Waals surface area contributed by atoms with Crippen LogP contribution in [0.1, 0.15) is 125 Å². The number of ether oxygens (including phenoxy) is 7. The van der Waals surface area contributed by atoms with Gasteiger partial charge in [-0.05, 0) is 60.8 Å². The number of phosphoric ester groups is 1. The van der Waals surface area contributed by atoms with Crippen LogP contribution in [0, 0.1) is 0 Å². The molecular formula is C61H87O13P. The first kappa shape index (κ1) is 62.0. The summed E-state index contributed by atoms with van der Waals surface area (Å²) in [6.45, 7) is 8.34. The maximum absolute atomic E-state index is 15.5. The standard InChI is InChI=1S/C61H87O13P/c1-3-5-7-9-11-13-15-17-31-41-65-47-55(68-42-32-18-16-14-12-10-8-6-4-2)48-73-75(64,72-46-54-39-29-22-30-40-54)74-61-59(70-49-66-43-51-33-23-19-24-34-51)57(63)56(62)58(69-45-53-37-27-21-28-38-53)60(61)71-50-67-44-52-35-25-20-26-36-52/h3-4,19-30,33-40,55-63H,1-2,5-18,31-32,41-50H2/t55-,56+,57+,58-,59-,60-,61+,75?/m1/s1. The summed E-state index contributed by atoms with van der Waals surface area (Å²) in [5, 5.41) is 23.9. The minimum atomic E-state index is -4.68. The number of hydrogen-bond donors (Lipinski definition) is 2. The summed E-state index contributed by atoms with van der Waals surface area (Å²) in [5.74, 6) is 0. The van der Waals surface area contributed by atoms with Crippen molar-refractivity contribution in [2.45, 2.75) is 172 Å². The molecule has 5 rings (SSSR count). The molecule has 0 spiro atoms. The second-order valence-corrected chi connectivity index (χ2v) is 20.8. The van der Waals surface area contributed by atoms with Gasteiger partial charge in [-0.25, -0.2) is 4.57 Å². The second-order valence-electron chi connectivity index (χ2n) is 19.2. The molecule has 0 aliphatic heterocycles. The van der Waals surface area contributed by atoms with E-state index in [1.807, 2.05) is 133 Å². The van der Waals surface area contributed by atoms with Gasteiger partial charge < -0.3 is 43.4 Å². The minimum absolute atomic E-state index is 0.0436. The first-order valence-corrected chi connectivity index (χ1v) is 28.9. The monoisotopic (exact) mass is 1060 g/mol. The quantitative estimate of drug-likeness (QED) is 0.0187. The van der Waals surface area contributed by atoms with Gasteiger partial charge in [-0.15, -0.1) is 13.2 Å². The van der Waals surface area contributed by atoms with Gasteiger partial charge in [0.05, 0.1) is 39.6 Å². The van der Waals surface area contributed by atoms with Gasteiger partial charge in [0.1, 0.15) is 56.3 Å². The molecule has 8 atom stereocenters. The number of aliphatic hydroxyl groups is 2. The molecule has 1 aliphatic carbocycles. The largest absolute Gasteiger partial charge is 0.475 e. The topological polar surface area (TPSA) is 150 Å². The lowest BCUT2D eigenvalue weighted by Crippen LogP contribution is -2.66. The predicted molar refractivity (Wildman–Crippen MR) is 293 cm³/mol. The van der Waals surface area contributed by atoms with Crippen LogP contribution in [0.5, 0.6) is 0 Å². The summed E-state index contributed by atoms with van der Waals surface area (Å²) in [6, 6.07) is 37.9. The lowest BCUT2D eigenvalue weighted by molar-refractivity contribution is -0.280. The van der Waals surface area contributed by atoms with Crippen LogP contribution in [0.3, 0.4) is 0 Å². The second kappa shape index (κ2) is 38.6. The number of benzene rings is 4. The lowest BCUT2D eigenvalue weighted by Gasteiger charge is -2.47. The number of hydrogen-bond acceptors (Lipinski definition) is 13. The average molecular weight is 1060 g/mol. The zero-order chi connectivity index (χ0) is 52.9. The summed E-state index contributed by atoms with van der Waals surface area (Å²) < 4.78 is 78.4. The molecule has 0 amide bonds. The molecule has 4 aromatic carbocycles. The molecule has 0 saturated heterocycles. The third kappa shape index (κ3) is 25.4. The van der Waals surface area contributed by atoms with Crippen molar-refractivity contribution in [2.75, 3.05) is 40.0 Å². The van der Waals surface area contributed by atoms with Gasteiger partial charge >= 0.3 is 7.82 Å². The molecule has 0 aromatic heterocycles. The molecule has 0 bridgehead atoms. The van der Waals surface area contributed by atoms with Crippen molar-refractivity contribution in [3.8, 4) is 0 Å². The number of phosphoric acid groups is 1. The van der Waals surface area contributed by atoms with E-state index in [1.54, 1.807) is 0 Å². The third-order valence-corrected chi connectivity index (χ3v) is 14.4. The molecule has 1 unspecified atom stereocenters. The SMILES string of the molecule is C=CCCCCCCCCCOC[C@H](COP(=O)(OCc1ccccc1)O[C@@H]1[C@H](OCOCc2ccccc2)[C@H](OCc2ccccc2)[C@@H](O)[C@H](O)[C@H]1OCOCc1ccccc1)OCCCCCCCCCC=C. The van der Waals surface area contributed by atoms with E-state index in [0.29, 0.717) is 18.8 Å². The van der Waals surface area contributed by atoms with Gasteiger partial charge in [-0.1, -0.05) is 198 Å². The molecule has 13 nitrogen and oxygen atoms in total. The number of allylic oxidation sites excluding steroid dienone is 2. The average Bonchev–Trinajstić information content (AvgIpc) is 3.44. The highest BCUT2D eigenvalue weighted by atomic mass is 31.2. The fourth-order valence-electron chi connectivity index (χ4n) is 8.75. The Labute approximate surface area is 448 Å². The molecular weight excluding hydrogens is 972 g/mol. The normalized spacial score (nSPS) is 19.9. The molecule has 1 saturated carbocycles. The van der Waals surface area contributed by atoms with Gasteiger partial charge in [-0.3, -0.25) is 13.6 Å². The van der Waals surface area contributed by atoms with E-state index in [4.69, 9.17) is 46.7 Å². The van der Waals surface area contributed by atoms with Crippen molar-refractivity contribution >= 4 is 7.82 Å². The van der Waals surface area contributed by atoms with Crippen molar-refractivity contribution < 1.29 is 61.5 Å². The zero-order valence-corrected chi connectivity index (χ0v) is 45.3. The van der Waals surface area contributed by atoms with Crippen LogP contribution in [0.4, 0.5) is 0 Å². The summed E-state index contributed by atoms with van der Waals surface area (Å²) in [4.78, 5) is 0. The van der Waals surface area contributed by atoms with Crippen LogP contribution in [0.2, 0.25) is 0 Å². The molecule has 75 heavy (non-hydrogen) atoms. The number of rotatable bonds is 44. The predicted octanol–water partition coefficient (Wildman–Crippen LogP) is 13.2. The highest BCUT2D eigenvalue weighted by molar-refractivity contribution is 7.48. The van der Waals surface area contributed by atoms with Crippen molar-refractivity contribution in [1.29, 1.82) is 0 Å². The van der Waals surface area contributed by atoms with Crippen molar-refractivity contribution in [2.24, 2.45) is 0 Å². The molecule has 2 N–H and O–H groups in total. The van der Waals surface area contributed by atoms with E-state index in [9.17, 15) is 10.2 Å². The Hall–Kier alpha value is -3.89. The van der Waals surface area contributed by atoms with E-state index in [2.05, 4.69) is 13.2 Å². The third-order valence-electron chi connectivity index (χ3n) is 13.0. The van der Waals surface area contributed by atoms with Crippen molar-refractivity contribution in [3.05, 3.63) is 169 Å². The van der Waals surface area contributed by atoms with E-state index < -0.39 is 50.6 Å². The summed E-state index contributed by atoms with van der Waals surface area (Å²) in [5.41, 5.74) is 3.34. The van der Waals surface area contributed by atoms with Gasteiger partial charge in [-0.2, -0.15) is 0 Å². The van der Waals surface area contributed by atoms with E-state index in [0.717, 1.165) is 68.1 Å².